The van der Waals surface area contributed by atoms with Crippen LogP contribution in [-0.2, 0) is 17.8 Å². The second-order valence-electron chi connectivity index (χ2n) is 4.85. The summed E-state index contributed by atoms with van der Waals surface area (Å²) in [6.45, 7) is 0.0523. The minimum absolute atomic E-state index is 0.0523. The molecule has 2 heterocycles. The molecule has 0 saturated heterocycles. The van der Waals surface area contributed by atoms with Crippen LogP contribution in [0.25, 0.3) is 0 Å². The summed E-state index contributed by atoms with van der Waals surface area (Å²) in [5.41, 5.74) is 0.645. The molecule has 2 aromatic rings. The van der Waals surface area contributed by atoms with E-state index in [0.717, 1.165) is 0 Å². The van der Waals surface area contributed by atoms with Gasteiger partial charge in [-0.15, -0.1) is 0 Å². The summed E-state index contributed by atoms with van der Waals surface area (Å²) in [4.78, 5) is 22.7. The zero-order chi connectivity index (χ0) is 15.7. The Morgan fingerprint density at radius 3 is 2.86 bits per heavy atom. The minimum atomic E-state index is -1.17. The summed E-state index contributed by atoms with van der Waals surface area (Å²) in [7, 11) is 0. The van der Waals surface area contributed by atoms with Crippen molar-refractivity contribution in [1.82, 2.24) is 5.32 Å². The number of benzene rings is 1. The molecular weight excluding hydrogens is 293 g/mol. The highest BCUT2D eigenvalue weighted by atomic mass is 19.1. The van der Waals surface area contributed by atoms with E-state index in [1.807, 2.05) is 0 Å². The maximum Gasteiger partial charge on any atom is 0.371 e. The van der Waals surface area contributed by atoms with Crippen LogP contribution in [-0.4, -0.2) is 23.1 Å². The Kier molecular flexibility index (Phi) is 3.54. The molecule has 0 spiro atoms. The van der Waals surface area contributed by atoms with Gasteiger partial charge in [0.2, 0.25) is 5.76 Å². The largest absolute Gasteiger partial charge is 0.480 e. The highest BCUT2D eigenvalue weighted by molar-refractivity contribution is 5.84. The smallest absolute Gasteiger partial charge is 0.371 e. The van der Waals surface area contributed by atoms with Crippen LogP contribution >= 0.6 is 0 Å². The first-order valence-electron chi connectivity index (χ1n) is 6.58. The van der Waals surface area contributed by atoms with Gasteiger partial charge in [-0.25, -0.2) is 9.18 Å². The zero-order valence-electron chi connectivity index (χ0n) is 11.3. The normalized spacial score (nSPS) is 16.0. The summed E-state index contributed by atoms with van der Waals surface area (Å²) < 4.78 is 23.6. The third-order valence-corrected chi connectivity index (χ3v) is 3.30. The van der Waals surface area contributed by atoms with Gasteiger partial charge in [0.05, 0.1) is 6.54 Å². The molecule has 22 heavy (non-hydrogen) atoms. The molecule has 1 aromatic heterocycles. The molecule has 1 aliphatic heterocycles. The third-order valence-electron chi connectivity index (χ3n) is 3.30. The average molecular weight is 305 g/mol. The van der Waals surface area contributed by atoms with E-state index < -0.39 is 12.1 Å². The number of hydrogen-bond donors (Lipinski definition) is 2. The minimum Gasteiger partial charge on any atom is -0.480 e. The van der Waals surface area contributed by atoms with Crippen LogP contribution in [0.1, 0.15) is 21.9 Å². The lowest BCUT2D eigenvalue weighted by atomic mass is 10.1. The van der Waals surface area contributed by atoms with E-state index >= 15 is 0 Å². The summed E-state index contributed by atoms with van der Waals surface area (Å²) in [6.07, 6.45) is -0.442. The molecule has 0 saturated carbocycles. The fourth-order valence-electron chi connectivity index (χ4n) is 2.24. The number of carbonyl (C=O) groups excluding carboxylic acids is 1. The van der Waals surface area contributed by atoms with Crippen molar-refractivity contribution >= 4 is 11.9 Å². The molecule has 0 unspecified atom stereocenters. The molecule has 1 aromatic carbocycles. The van der Waals surface area contributed by atoms with Gasteiger partial charge in [-0.3, -0.25) is 4.79 Å². The summed E-state index contributed by atoms with van der Waals surface area (Å²) in [5.74, 6) is -1.29. The van der Waals surface area contributed by atoms with Crippen LogP contribution in [0.2, 0.25) is 0 Å². The van der Waals surface area contributed by atoms with Crippen molar-refractivity contribution in [3.05, 3.63) is 53.2 Å². The molecule has 1 aliphatic rings. The van der Waals surface area contributed by atoms with Crippen molar-refractivity contribution in [3.63, 3.8) is 0 Å². The van der Waals surface area contributed by atoms with E-state index in [1.165, 1.54) is 30.3 Å². The van der Waals surface area contributed by atoms with Crippen LogP contribution in [0.4, 0.5) is 4.39 Å². The van der Waals surface area contributed by atoms with Crippen LogP contribution < -0.4 is 10.1 Å². The van der Waals surface area contributed by atoms with Crippen molar-refractivity contribution in [2.75, 3.05) is 0 Å². The molecule has 114 valence electrons. The first-order valence-corrected chi connectivity index (χ1v) is 6.58. The number of ether oxygens (including phenoxy) is 1. The second kappa shape index (κ2) is 5.51. The topological polar surface area (TPSA) is 88.8 Å². The Hall–Kier alpha value is -2.83. The lowest BCUT2D eigenvalue weighted by Crippen LogP contribution is -2.36. The number of aromatic carboxylic acids is 1. The van der Waals surface area contributed by atoms with E-state index in [9.17, 15) is 14.0 Å². The maximum atomic E-state index is 13.1. The SMILES string of the molecule is O=C(O)c1ccc(CNC(=O)[C@@H]2Cc3cc(F)ccc3O2)o1. The molecule has 2 N–H and O–H groups in total. The molecule has 0 radical (unpaired) electrons. The Morgan fingerprint density at radius 1 is 1.32 bits per heavy atom. The van der Waals surface area contributed by atoms with E-state index in [2.05, 4.69) is 5.32 Å². The van der Waals surface area contributed by atoms with Crippen molar-refractivity contribution in [2.24, 2.45) is 0 Å². The van der Waals surface area contributed by atoms with Crippen molar-refractivity contribution in [1.29, 1.82) is 0 Å². The fraction of sp³-hybridized carbons (Fsp3) is 0.200. The quantitative estimate of drug-likeness (QED) is 0.898. The van der Waals surface area contributed by atoms with E-state index in [-0.39, 0.29) is 30.5 Å². The summed E-state index contributed by atoms with van der Waals surface area (Å²) >= 11 is 0. The van der Waals surface area contributed by atoms with Crippen LogP contribution in [0, 0.1) is 5.82 Å². The van der Waals surface area contributed by atoms with Gasteiger partial charge in [0.25, 0.3) is 5.91 Å². The molecular formula is C15H12FNO5. The number of carboxylic acids is 1. The van der Waals surface area contributed by atoms with Gasteiger partial charge in [0, 0.05) is 12.0 Å². The molecule has 3 rings (SSSR count). The van der Waals surface area contributed by atoms with E-state index in [0.29, 0.717) is 17.1 Å². The highest BCUT2D eigenvalue weighted by Crippen LogP contribution is 2.29. The number of carbonyl (C=O) groups is 2. The number of hydrogen-bond acceptors (Lipinski definition) is 4. The van der Waals surface area contributed by atoms with Gasteiger partial charge >= 0.3 is 5.97 Å². The molecule has 6 nitrogen and oxygen atoms in total. The summed E-state index contributed by atoms with van der Waals surface area (Å²) in [6, 6.07) is 6.89. The second-order valence-corrected chi connectivity index (χ2v) is 4.85. The molecule has 0 aliphatic carbocycles. The lowest BCUT2D eigenvalue weighted by molar-refractivity contribution is -0.127. The number of rotatable bonds is 4. The van der Waals surface area contributed by atoms with Crippen LogP contribution in [0.3, 0.4) is 0 Å². The Bertz CT molecular complexity index is 739. The molecule has 1 amide bonds. The summed E-state index contributed by atoms with van der Waals surface area (Å²) in [5, 5.41) is 11.3. The Labute approximate surface area is 124 Å². The van der Waals surface area contributed by atoms with Gasteiger partial charge in [0.15, 0.2) is 6.10 Å². The van der Waals surface area contributed by atoms with Gasteiger partial charge in [-0.1, -0.05) is 0 Å². The number of halogens is 1. The van der Waals surface area contributed by atoms with Crippen molar-refractivity contribution < 1.29 is 28.2 Å². The number of furan rings is 1. The van der Waals surface area contributed by atoms with E-state index in [1.54, 1.807) is 0 Å². The molecule has 0 bridgehead atoms. The van der Waals surface area contributed by atoms with Crippen LogP contribution in [0.15, 0.2) is 34.7 Å². The highest BCUT2D eigenvalue weighted by Gasteiger charge is 2.29. The van der Waals surface area contributed by atoms with E-state index in [4.69, 9.17) is 14.3 Å². The number of nitrogens with one attached hydrogen (secondary N) is 1. The van der Waals surface area contributed by atoms with Crippen LogP contribution in [0.5, 0.6) is 5.75 Å². The zero-order valence-corrected chi connectivity index (χ0v) is 11.3. The molecule has 7 heteroatoms. The van der Waals surface area contributed by atoms with Gasteiger partial charge < -0.3 is 19.6 Å². The lowest BCUT2D eigenvalue weighted by Gasteiger charge is -2.10. The molecule has 1 atom stereocenters. The monoisotopic (exact) mass is 305 g/mol. The molecule has 0 fully saturated rings. The third kappa shape index (κ3) is 2.78. The number of carboxylic acid groups (broad SMARTS) is 1. The standard InChI is InChI=1S/C15H12FNO5/c16-9-1-3-11-8(5-9)6-13(22-11)14(18)17-7-10-2-4-12(21-10)15(19)20/h1-5,13H,6-7H2,(H,17,18)(H,19,20)/t13-/m0/s1. The Balaban J connectivity index is 1.58. The van der Waals surface area contributed by atoms with Crippen molar-refractivity contribution in [3.8, 4) is 5.75 Å². The predicted octanol–water partition coefficient (Wildman–Crippen LogP) is 1.74. The Morgan fingerprint density at radius 2 is 2.14 bits per heavy atom. The fourth-order valence-corrected chi connectivity index (χ4v) is 2.24. The predicted molar refractivity (Wildman–Crippen MR) is 72.0 cm³/mol. The van der Waals surface area contributed by atoms with Crippen molar-refractivity contribution in [2.45, 2.75) is 19.1 Å². The number of amides is 1. The van der Waals surface area contributed by atoms with Gasteiger partial charge in [0.1, 0.15) is 17.3 Å². The number of fused-ring (bicyclic) bond motifs is 1. The first kappa shape index (κ1) is 14.1. The van der Waals surface area contributed by atoms with Gasteiger partial charge in [-0.05, 0) is 30.3 Å². The maximum absolute atomic E-state index is 13.1. The average Bonchev–Trinajstić information content (AvgIpc) is 3.10. The van der Waals surface area contributed by atoms with Gasteiger partial charge in [-0.2, -0.15) is 0 Å². The first-order chi connectivity index (χ1) is 10.5.